The monoisotopic (exact) mass is 339 g/mol. The van der Waals surface area contributed by atoms with Gasteiger partial charge in [0.05, 0.1) is 7.11 Å². The molecule has 0 bridgehead atoms. The molecule has 2 amide bonds. The maximum absolute atomic E-state index is 12.1. The second-order valence-electron chi connectivity index (χ2n) is 6.29. The summed E-state index contributed by atoms with van der Waals surface area (Å²) in [5.74, 6) is 0.766. The maximum atomic E-state index is 12.1. The molecule has 1 saturated heterocycles. The van der Waals surface area contributed by atoms with Crippen LogP contribution in [0.1, 0.15) is 24.0 Å². The molecule has 1 fully saturated rings. The molecule has 0 unspecified atom stereocenters. The van der Waals surface area contributed by atoms with Crippen LogP contribution in [0.25, 0.3) is 0 Å². The van der Waals surface area contributed by atoms with Crippen LogP contribution in [0.3, 0.4) is 0 Å². The molecule has 2 N–H and O–H groups in total. The summed E-state index contributed by atoms with van der Waals surface area (Å²) in [7, 11) is 1.62. The number of nitrogens with one attached hydrogen (secondary N) is 2. The number of urea groups is 1. The van der Waals surface area contributed by atoms with Crippen molar-refractivity contribution in [3.8, 4) is 5.75 Å². The molecule has 2 aromatic carbocycles. The summed E-state index contributed by atoms with van der Waals surface area (Å²) in [5, 5.41) is 5.78. The van der Waals surface area contributed by atoms with Gasteiger partial charge in [-0.3, -0.25) is 4.90 Å². The Morgan fingerprint density at radius 3 is 2.40 bits per heavy atom. The van der Waals surface area contributed by atoms with Crippen LogP contribution in [0.2, 0.25) is 0 Å². The van der Waals surface area contributed by atoms with Crippen LogP contribution in [0.5, 0.6) is 5.75 Å². The van der Waals surface area contributed by atoms with Crippen LogP contribution in [0.15, 0.2) is 48.5 Å². The number of hydrogen-bond acceptors (Lipinski definition) is 3. The third-order valence-electron chi connectivity index (χ3n) is 4.50. The highest BCUT2D eigenvalue weighted by molar-refractivity contribution is 5.89. The predicted molar refractivity (Wildman–Crippen MR) is 99.8 cm³/mol. The van der Waals surface area contributed by atoms with Gasteiger partial charge in [0.15, 0.2) is 0 Å². The molecule has 25 heavy (non-hydrogen) atoms. The molecule has 0 atom stereocenters. The van der Waals surface area contributed by atoms with Crippen LogP contribution in [0, 0.1) is 0 Å². The molecule has 0 spiro atoms. The molecule has 132 valence electrons. The van der Waals surface area contributed by atoms with E-state index in [0.717, 1.165) is 18.0 Å². The molecule has 5 nitrogen and oxygen atoms in total. The third-order valence-corrected chi connectivity index (χ3v) is 4.50. The van der Waals surface area contributed by atoms with Gasteiger partial charge in [-0.05, 0) is 61.3 Å². The number of nitrogens with zero attached hydrogens (tertiary/aromatic N) is 1. The number of methoxy groups -OCH3 is 1. The molecule has 5 heteroatoms. The second-order valence-corrected chi connectivity index (χ2v) is 6.29. The number of benzene rings is 2. The molecule has 1 aliphatic heterocycles. The van der Waals surface area contributed by atoms with Gasteiger partial charge in [-0.25, -0.2) is 4.79 Å². The first kappa shape index (κ1) is 17.3. The zero-order chi connectivity index (χ0) is 17.5. The average molecular weight is 339 g/mol. The van der Waals surface area contributed by atoms with Crippen LogP contribution in [-0.4, -0.2) is 31.1 Å². The van der Waals surface area contributed by atoms with Crippen molar-refractivity contribution in [2.24, 2.45) is 0 Å². The van der Waals surface area contributed by atoms with E-state index in [1.807, 2.05) is 30.3 Å². The Labute approximate surface area is 149 Å². The summed E-state index contributed by atoms with van der Waals surface area (Å²) in [4.78, 5) is 14.6. The van der Waals surface area contributed by atoms with Crippen LogP contribution in [0.4, 0.5) is 10.5 Å². The Hall–Kier alpha value is -2.53. The van der Waals surface area contributed by atoms with Crippen LogP contribution in [-0.2, 0) is 13.1 Å². The largest absolute Gasteiger partial charge is 0.497 e. The molecule has 1 aliphatic rings. The molecular weight excluding hydrogens is 314 g/mol. The summed E-state index contributed by atoms with van der Waals surface area (Å²) in [6.45, 7) is 3.81. The number of rotatable bonds is 6. The highest BCUT2D eigenvalue weighted by Crippen LogP contribution is 2.17. The average Bonchev–Trinajstić information content (AvgIpc) is 3.15. The number of carbonyl (C=O) groups is 1. The molecule has 2 aromatic rings. The lowest BCUT2D eigenvalue weighted by molar-refractivity contribution is 0.251. The first-order chi connectivity index (χ1) is 12.2. The Kier molecular flexibility index (Phi) is 5.90. The van der Waals surface area contributed by atoms with Crippen molar-refractivity contribution in [3.63, 3.8) is 0 Å². The predicted octanol–water partition coefficient (Wildman–Crippen LogP) is 3.61. The van der Waals surface area contributed by atoms with E-state index in [1.54, 1.807) is 7.11 Å². The molecular formula is C20H25N3O2. The van der Waals surface area contributed by atoms with Gasteiger partial charge in [-0.1, -0.05) is 24.3 Å². The number of likely N-dealkylation sites (tertiary alicyclic amines) is 1. The minimum Gasteiger partial charge on any atom is -0.497 e. The van der Waals surface area contributed by atoms with Gasteiger partial charge in [-0.2, -0.15) is 0 Å². The van der Waals surface area contributed by atoms with Gasteiger partial charge in [0.25, 0.3) is 0 Å². The second kappa shape index (κ2) is 8.53. The molecule has 3 rings (SSSR count). The summed E-state index contributed by atoms with van der Waals surface area (Å²) in [6.07, 6.45) is 2.56. The van der Waals surface area contributed by atoms with E-state index in [0.29, 0.717) is 6.54 Å². The number of carbonyl (C=O) groups excluding carboxylic acids is 1. The van der Waals surface area contributed by atoms with Crippen molar-refractivity contribution >= 4 is 11.7 Å². The van der Waals surface area contributed by atoms with E-state index in [-0.39, 0.29) is 6.03 Å². The SMILES string of the molecule is COc1ccc(NC(=O)NCc2ccccc2CN2CCCC2)cc1. The Morgan fingerprint density at radius 2 is 1.72 bits per heavy atom. The van der Waals surface area contributed by atoms with Crippen molar-refractivity contribution < 1.29 is 9.53 Å². The topological polar surface area (TPSA) is 53.6 Å². The molecule has 0 radical (unpaired) electrons. The van der Waals surface area contributed by atoms with Crippen molar-refractivity contribution in [2.45, 2.75) is 25.9 Å². The number of ether oxygens (including phenoxy) is 1. The zero-order valence-electron chi connectivity index (χ0n) is 14.6. The van der Waals surface area contributed by atoms with Crippen LogP contribution < -0.4 is 15.4 Å². The smallest absolute Gasteiger partial charge is 0.319 e. The lowest BCUT2D eigenvalue weighted by Gasteiger charge is -2.18. The number of amides is 2. The Bertz CT molecular complexity index is 694. The molecule has 0 saturated carbocycles. The summed E-state index contributed by atoms with van der Waals surface area (Å²) in [5.41, 5.74) is 3.19. The quantitative estimate of drug-likeness (QED) is 0.845. The van der Waals surface area contributed by atoms with Crippen LogP contribution >= 0.6 is 0 Å². The zero-order valence-corrected chi connectivity index (χ0v) is 14.6. The summed E-state index contributed by atoms with van der Waals surface area (Å²) < 4.78 is 5.11. The fourth-order valence-corrected chi connectivity index (χ4v) is 3.09. The van der Waals surface area contributed by atoms with Gasteiger partial charge in [-0.15, -0.1) is 0 Å². The van der Waals surface area contributed by atoms with E-state index < -0.39 is 0 Å². The van der Waals surface area contributed by atoms with Crippen molar-refractivity contribution in [3.05, 3.63) is 59.7 Å². The minimum absolute atomic E-state index is 0.207. The van der Waals surface area contributed by atoms with Gasteiger partial charge in [0, 0.05) is 18.8 Å². The standard InChI is InChI=1S/C20H25N3O2/c1-25-19-10-8-18(9-11-19)22-20(24)21-14-16-6-2-3-7-17(16)15-23-12-4-5-13-23/h2-3,6-11H,4-5,12-15H2,1H3,(H2,21,22,24). The minimum atomic E-state index is -0.207. The fourth-order valence-electron chi connectivity index (χ4n) is 3.09. The van der Waals surface area contributed by atoms with Gasteiger partial charge in [0.1, 0.15) is 5.75 Å². The van der Waals surface area contributed by atoms with Crippen molar-refractivity contribution in [2.75, 3.05) is 25.5 Å². The summed E-state index contributed by atoms with van der Waals surface area (Å²) in [6, 6.07) is 15.4. The van der Waals surface area contributed by atoms with Gasteiger partial charge < -0.3 is 15.4 Å². The van der Waals surface area contributed by atoms with Gasteiger partial charge in [0.2, 0.25) is 0 Å². The first-order valence-corrected chi connectivity index (χ1v) is 8.72. The molecule has 0 aromatic heterocycles. The highest BCUT2D eigenvalue weighted by atomic mass is 16.5. The van der Waals surface area contributed by atoms with E-state index in [9.17, 15) is 4.79 Å². The molecule has 0 aliphatic carbocycles. The maximum Gasteiger partial charge on any atom is 0.319 e. The fraction of sp³-hybridized carbons (Fsp3) is 0.350. The number of anilines is 1. The van der Waals surface area contributed by atoms with E-state index in [1.165, 1.54) is 37.1 Å². The first-order valence-electron chi connectivity index (χ1n) is 8.72. The Morgan fingerprint density at radius 1 is 1.04 bits per heavy atom. The normalized spacial score (nSPS) is 14.3. The van der Waals surface area contributed by atoms with E-state index in [2.05, 4.69) is 33.7 Å². The number of hydrogen-bond donors (Lipinski definition) is 2. The Balaban J connectivity index is 1.54. The van der Waals surface area contributed by atoms with E-state index in [4.69, 9.17) is 4.74 Å². The third kappa shape index (κ3) is 4.97. The molecule has 1 heterocycles. The van der Waals surface area contributed by atoms with Crippen molar-refractivity contribution in [1.82, 2.24) is 10.2 Å². The summed E-state index contributed by atoms with van der Waals surface area (Å²) >= 11 is 0. The lowest BCUT2D eigenvalue weighted by Crippen LogP contribution is -2.29. The van der Waals surface area contributed by atoms with E-state index >= 15 is 0 Å². The van der Waals surface area contributed by atoms with Gasteiger partial charge >= 0.3 is 6.03 Å². The van der Waals surface area contributed by atoms with Crippen molar-refractivity contribution in [1.29, 1.82) is 0 Å². The highest BCUT2D eigenvalue weighted by Gasteiger charge is 2.13. The lowest BCUT2D eigenvalue weighted by atomic mass is 10.1.